The summed E-state index contributed by atoms with van der Waals surface area (Å²) in [6.07, 6.45) is -0.0218. The maximum absolute atomic E-state index is 11.4. The first kappa shape index (κ1) is 14.9. The van der Waals surface area contributed by atoms with Crippen LogP contribution < -0.4 is 10.6 Å². The Bertz CT molecular complexity index is 486. The number of nitrogens with zero attached hydrogens (tertiary/aromatic N) is 2. The first-order valence-electron chi connectivity index (χ1n) is 6.08. The Morgan fingerprint density at radius 2 is 2.05 bits per heavy atom. The zero-order valence-corrected chi connectivity index (χ0v) is 11.4. The van der Waals surface area contributed by atoms with E-state index in [1.165, 1.54) is 0 Å². The summed E-state index contributed by atoms with van der Waals surface area (Å²) in [5.74, 6) is -1.01. The number of pyridine rings is 1. The predicted molar refractivity (Wildman–Crippen MR) is 72.2 cm³/mol. The highest BCUT2D eigenvalue weighted by Gasteiger charge is 2.19. The van der Waals surface area contributed by atoms with Crippen molar-refractivity contribution in [1.29, 1.82) is 0 Å². The fraction of sp³-hybridized carbons (Fsp3) is 0.462. The Balaban J connectivity index is 3.17. The molecule has 6 nitrogen and oxygen atoms in total. The molecule has 0 radical (unpaired) electrons. The van der Waals surface area contributed by atoms with Crippen LogP contribution >= 0.6 is 0 Å². The van der Waals surface area contributed by atoms with Gasteiger partial charge in [0, 0.05) is 18.3 Å². The number of hydrogen-bond donors (Lipinski definition) is 2. The van der Waals surface area contributed by atoms with E-state index >= 15 is 0 Å². The van der Waals surface area contributed by atoms with E-state index in [4.69, 9.17) is 10.8 Å². The van der Waals surface area contributed by atoms with E-state index in [9.17, 15) is 9.59 Å². The molecule has 0 aliphatic carbocycles. The Hall–Kier alpha value is -2.11. The average Bonchev–Trinajstić information content (AvgIpc) is 2.27. The lowest BCUT2D eigenvalue weighted by molar-refractivity contribution is -0.136. The minimum Gasteiger partial charge on any atom is -0.481 e. The molecule has 0 aliphatic heterocycles. The van der Waals surface area contributed by atoms with E-state index in [0.29, 0.717) is 11.4 Å². The van der Waals surface area contributed by atoms with Crippen molar-refractivity contribution in [2.45, 2.75) is 33.2 Å². The van der Waals surface area contributed by atoms with E-state index in [0.717, 1.165) is 5.69 Å². The largest absolute Gasteiger partial charge is 0.481 e. The number of hydrogen-bond acceptors (Lipinski definition) is 4. The molecule has 104 valence electrons. The molecule has 0 aliphatic rings. The molecular weight excluding hydrogens is 246 g/mol. The maximum atomic E-state index is 11.4. The first-order chi connectivity index (χ1) is 8.82. The number of aromatic nitrogens is 1. The fourth-order valence-electron chi connectivity index (χ4n) is 1.78. The third kappa shape index (κ3) is 3.94. The highest BCUT2D eigenvalue weighted by Crippen LogP contribution is 2.20. The topological polar surface area (TPSA) is 96.5 Å². The van der Waals surface area contributed by atoms with Crippen LogP contribution in [0.3, 0.4) is 0 Å². The van der Waals surface area contributed by atoms with Gasteiger partial charge in [-0.2, -0.15) is 0 Å². The number of nitrogens with two attached hydrogens (primary N) is 1. The molecule has 0 bridgehead atoms. The van der Waals surface area contributed by atoms with Gasteiger partial charge in [0.1, 0.15) is 5.82 Å². The van der Waals surface area contributed by atoms with E-state index < -0.39 is 11.9 Å². The lowest BCUT2D eigenvalue weighted by atomic mass is 10.1. The standard InChI is InChI=1S/C13H19N3O3/c1-8(2)16(7-6-11(17)18)13-10(12(14)19)5-4-9(3)15-13/h4-5,8H,6-7H2,1-3H3,(H2,14,19)(H,17,18). The van der Waals surface area contributed by atoms with Crippen molar-refractivity contribution in [2.75, 3.05) is 11.4 Å². The van der Waals surface area contributed by atoms with Crippen molar-refractivity contribution >= 4 is 17.7 Å². The number of primary amides is 1. The summed E-state index contributed by atoms with van der Waals surface area (Å²) < 4.78 is 0. The zero-order chi connectivity index (χ0) is 14.6. The summed E-state index contributed by atoms with van der Waals surface area (Å²) in [4.78, 5) is 28.2. The van der Waals surface area contributed by atoms with Crippen LogP contribution in [0.15, 0.2) is 12.1 Å². The Kier molecular flexibility index (Phi) is 4.86. The van der Waals surface area contributed by atoms with Gasteiger partial charge >= 0.3 is 5.97 Å². The van der Waals surface area contributed by atoms with Gasteiger partial charge in [0.25, 0.3) is 5.91 Å². The number of carbonyl (C=O) groups excluding carboxylic acids is 1. The van der Waals surface area contributed by atoms with Gasteiger partial charge in [0.2, 0.25) is 0 Å². The van der Waals surface area contributed by atoms with E-state index in [2.05, 4.69) is 4.98 Å². The van der Waals surface area contributed by atoms with Gasteiger partial charge in [-0.3, -0.25) is 9.59 Å². The second-order valence-corrected chi connectivity index (χ2v) is 4.62. The molecule has 0 saturated heterocycles. The molecule has 1 heterocycles. The predicted octanol–water partition coefficient (Wildman–Crippen LogP) is 1.18. The fourth-order valence-corrected chi connectivity index (χ4v) is 1.78. The molecule has 0 spiro atoms. The summed E-state index contributed by atoms with van der Waals surface area (Å²) in [6, 6.07) is 3.35. The van der Waals surface area contributed by atoms with Crippen molar-refractivity contribution < 1.29 is 14.7 Å². The van der Waals surface area contributed by atoms with Crippen molar-refractivity contribution in [1.82, 2.24) is 4.98 Å². The van der Waals surface area contributed by atoms with E-state index in [1.807, 2.05) is 20.8 Å². The Labute approximate surface area is 112 Å². The third-order valence-electron chi connectivity index (χ3n) is 2.74. The van der Waals surface area contributed by atoms with Crippen LogP contribution in [0.4, 0.5) is 5.82 Å². The highest BCUT2D eigenvalue weighted by molar-refractivity contribution is 5.97. The maximum Gasteiger partial charge on any atom is 0.305 e. The van der Waals surface area contributed by atoms with Crippen LogP contribution in [0.25, 0.3) is 0 Å². The van der Waals surface area contributed by atoms with Gasteiger partial charge in [0.05, 0.1) is 12.0 Å². The summed E-state index contributed by atoms with van der Waals surface area (Å²) in [5, 5.41) is 8.79. The molecule has 1 aromatic heterocycles. The lowest BCUT2D eigenvalue weighted by Gasteiger charge is -2.28. The molecule has 0 aromatic carbocycles. The molecule has 1 aromatic rings. The molecule has 0 saturated carbocycles. The van der Waals surface area contributed by atoms with Gasteiger partial charge in [-0.15, -0.1) is 0 Å². The third-order valence-corrected chi connectivity index (χ3v) is 2.74. The summed E-state index contributed by atoms with van der Waals surface area (Å²) in [6.45, 7) is 5.92. The summed E-state index contributed by atoms with van der Waals surface area (Å²) >= 11 is 0. The van der Waals surface area contributed by atoms with Crippen molar-refractivity contribution in [3.8, 4) is 0 Å². The van der Waals surface area contributed by atoms with Gasteiger partial charge in [0.15, 0.2) is 0 Å². The van der Waals surface area contributed by atoms with Crippen molar-refractivity contribution in [3.63, 3.8) is 0 Å². The first-order valence-corrected chi connectivity index (χ1v) is 6.08. The van der Waals surface area contributed by atoms with Crippen LogP contribution in [0.2, 0.25) is 0 Å². The van der Waals surface area contributed by atoms with Crippen LogP contribution in [-0.4, -0.2) is 34.6 Å². The molecule has 0 unspecified atom stereocenters. The molecular formula is C13H19N3O3. The van der Waals surface area contributed by atoms with Gasteiger partial charge in [-0.1, -0.05) is 0 Å². The number of aliphatic carboxylic acids is 1. The van der Waals surface area contributed by atoms with Gasteiger partial charge < -0.3 is 15.7 Å². The Morgan fingerprint density at radius 3 is 2.53 bits per heavy atom. The number of carbonyl (C=O) groups is 2. The van der Waals surface area contributed by atoms with Crippen LogP contribution in [0.5, 0.6) is 0 Å². The smallest absolute Gasteiger partial charge is 0.305 e. The van der Waals surface area contributed by atoms with Crippen LogP contribution in [-0.2, 0) is 4.79 Å². The van der Waals surface area contributed by atoms with E-state index in [-0.39, 0.29) is 19.0 Å². The summed E-state index contributed by atoms with van der Waals surface area (Å²) in [7, 11) is 0. The molecule has 19 heavy (non-hydrogen) atoms. The Morgan fingerprint density at radius 1 is 1.42 bits per heavy atom. The zero-order valence-electron chi connectivity index (χ0n) is 11.4. The molecule has 3 N–H and O–H groups in total. The minimum absolute atomic E-state index is 0.0201. The highest BCUT2D eigenvalue weighted by atomic mass is 16.4. The van der Waals surface area contributed by atoms with Gasteiger partial charge in [-0.25, -0.2) is 4.98 Å². The van der Waals surface area contributed by atoms with Crippen molar-refractivity contribution in [3.05, 3.63) is 23.4 Å². The van der Waals surface area contributed by atoms with Gasteiger partial charge in [-0.05, 0) is 32.9 Å². The average molecular weight is 265 g/mol. The van der Waals surface area contributed by atoms with Crippen LogP contribution in [0.1, 0.15) is 36.3 Å². The molecule has 1 amide bonds. The number of anilines is 1. The lowest BCUT2D eigenvalue weighted by Crippen LogP contribution is -2.35. The van der Waals surface area contributed by atoms with Crippen molar-refractivity contribution in [2.24, 2.45) is 5.73 Å². The molecule has 0 fully saturated rings. The number of carboxylic acid groups (broad SMARTS) is 1. The molecule has 0 atom stereocenters. The molecule has 6 heteroatoms. The van der Waals surface area contributed by atoms with E-state index in [1.54, 1.807) is 17.0 Å². The summed E-state index contributed by atoms with van der Waals surface area (Å²) in [5.41, 5.74) is 6.40. The van der Waals surface area contributed by atoms with Crippen LogP contribution in [0, 0.1) is 6.92 Å². The number of carboxylic acids is 1. The number of aryl methyl sites for hydroxylation is 1. The quantitative estimate of drug-likeness (QED) is 0.805. The monoisotopic (exact) mass is 265 g/mol. The normalized spacial score (nSPS) is 10.5. The number of amides is 1. The second-order valence-electron chi connectivity index (χ2n) is 4.62. The minimum atomic E-state index is -0.890. The second kappa shape index (κ2) is 6.17. The number of rotatable bonds is 6. The molecule has 1 rings (SSSR count). The SMILES string of the molecule is Cc1ccc(C(N)=O)c(N(CCC(=O)O)C(C)C)n1.